The minimum atomic E-state index is -3.91. The molecule has 0 radical (unpaired) electrons. The van der Waals surface area contributed by atoms with E-state index in [0.717, 1.165) is 11.1 Å². The molecule has 3 aromatic rings. The van der Waals surface area contributed by atoms with Crippen LogP contribution in [-0.4, -0.2) is 25.5 Å². The average molecular weight is 452 g/mol. The molecule has 0 unspecified atom stereocenters. The standard InChI is InChI=1S/C22H20N4O5S/c1-15-9-10-21(16(2)11-15)25-32(30,31)20-8-4-6-18(13-20)22(27)24-23-14-17-5-3-7-19(12-17)26(28)29/h3-14,25H,1-2H3,(H,24,27). The highest BCUT2D eigenvalue weighted by atomic mass is 32.2. The molecular weight excluding hydrogens is 432 g/mol. The quantitative estimate of drug-likeness (QED) is 0.320. The summed E-state index contributed by atoms with van der Waals surface area (Å²) < 4.78 is 28.1. The molecule has 0 saturated carbocycles. The number of aryl methyl sites for hydroxylation is 2. The van der Waals surface area contributed by atoms with Gasteiger partial charge in [0, 0.05) is 23.3 Å². The average Bonchev–Trinajstić information content (AvgIpc) is 2.76. The zero-order valence-electron chi connectivity index (χ0n) is 17.3. The molecule has 0 saturated heterocycles. The van der Waals surface area contributed by atoms with Crippen LogP contribution in [0, 0.1) is 24.0 Å². The highest BCUT2D eigenvalue weighted by Crippen LogP contribution is 2.21. The summed E-state index contributed by atoms with van der Waals surface area (Å²) in [5.41, 5.74) is 4.93. The molecule has 3 aromatic carbocycles. The summed E-state index contributed by atoms with van der Waals surface area (Å²) in [7, 11) is -3.91. The lowest BCUT2D eigenvalue weighted by molar-refractivity contribution is -0.384. The van der Waals surface area contributed by atoms with E-state index >= 15 is 0 Å². The summed E-state index contributed by atoms with van der Waals surface area (Å²) in [5.74, 6) is -0.629. The summed E-state index contributed by atoms with van der Waals surface area (Å²) >= 11 is 0. The minimum absolute atomic E-state index is 0.0761. The van der Waals surface area contributed by atoms with E-state index < -0.39 is 20.9 Å². The lowest BCUT2D eigenvalue weighted by atomic mass is 10.1. The van der Waals surface area contributed by atoms with Crippen molar-refractivity contribution in [2.24, 2.45) is 5.10 Å². The van der Waals surface area contributed by atoms with Gasteiger partial charge >= 0.3 is 0 Å². The van der Waals surface area contributed by atoms with Crippen LogP contribution in [0.2, 0.25) is 0 Å². The van der Waals surface area contributed by atoms with Crippen LogP contribution in [0.5, 0.6) is 0 Å². The lowest BCUT2D eigenvalue weighted by Gasteiger charge is -2.12. The van der Waals surface area contributed by atoms with Crippen molar-refractivity contribution in [3.63, 3.8) is 0 Å². The molecule has 0 bridgehead atoms. The second-order valence-electron chi connectivity index (χ2n) is 7.00. The monoisotopic (exact) mass is 452 g/mol. The first-order valence-corrected chi connectivity index (χ1v) is 10.9. The molecule has 0 aromatic heterocycles. The zero-order valence-corrected chi connectivity index (χ0v) is 18.1. The number of rotatable bonds is 7. The minimum Gasteiger partial charge on any atom is -0.279 e. The summed E-state index contributed by atoms with van der Waals surface area (Å²) in [6, 6.07) is 16.6. The number of carbonyl (C=O) groups is 1. The van der Waals surface area contributed by atoms with Crippen molar-refractivity contribution in [2.75, 3.05) is 4.72 Å². The number of amides is 1. The predicted molar refractivity (Wildman–Crippen MR) is 121 cm³/mol. The van der Waals surface area contributed by atoms with Crippen molar-refractivity contribution < 1.29 is 18.1 Å². The van der Waals surface area contributed by atoms with Gasteiger partial charge in [-0.3, -0.25) is 19.6 Å². The number of nitro groups is 1. The number of nitro benzene ring substituents is 1. The van der Waals surface area contributed by atoms with Gasteiger partial charge in [-0.1, -0.05) is 35.9 Å². The summed E-state index contributed by atoms with van der Waals surface area (Å²) in [6.45, 7) is 3.71. The molecule has 3 rings (SSSR count). The number of nitrogens with one attached hydrogen (secondary N) is 2. The number of sulfonamides is 1. The first kappa shape index (κ1) is 22.6. The van der Waals surface area contributed by atoms with Gasteiger partial charge in [-0.05, 0) is 43.7 Å². The Bertz CT molecular complexity index is 1320. The number of non-ortho nitro benzene ring substituents is 1. The molecule has 0 heterocycles. The van der Waals surface area contributed by atoms with E-state index in [1.165, 1.54) is 48.7 Å². The van der Waals surface area contributed by atoms with E-state index in [4.69, 9.17) is 0 Å². The first-order chi connectivity index (χ1) is 15.2. The number of benzene rings is 3. The molecule has 0 atom stereocenters. The van der Waals surface area contributed by atoms with Crippen LogP contribution < -0.4 is 10.1 Å². The van der Waals surface area contributed by atoms with Crippen molar-refractivity contribution in [3.8, 4) is 0 Å². The van der Waals surface area contributed by atoms with E-state index in [2.05, 4.69) is 15.2 Å². The van der Waals surface area contributed by atoms with Crippen LogP contribution in [0.3, 0.4) is 0 Å². The summed E-state index contributed by atoms with van der Waals surface area (Å²) in [5, 5.41) is 14.6. The van der Waals surface area contributed by atoms with E-state index in [1.807, 2.05) is 13.0 Å². The number of carbonyl (C=O) groups excluding carboxylic acids is 1. The summed E-state index contributed by atoms with van der Waals surface area (Å²) in [4.78, 5) is 22.6. The Morgan fingerprint density at radius 3 is 2.50 bits per heavy atom. The fourth-order valence-electron chi connectivity index (χ4n) is 2.88. The zero-order chi connectivity index (χ0) is 23.3. The van der Waals surface area contributed by atoms with Crippen molar-refractivity contribution in [1.82, 2.24) is 5.43 Å². The Balaban J connectivity index is 1.74. The van der Waals surface area contributed by atoms with Gasteiger partial charge < -0.3 is 0 Å². The second-order valence-corrected chi connectivity index (χ2v) is 8.69. The van der Waals surface area contributed by atoms with Crippen molar-refractivity contribution in [1.29, 1.82) is 0 Å². The van der Waals surface area contributed by atoms with Gasteiger partial charge in [0.1, 0.15) is 0 Å². The molecule has 10 heteroatoms. The third kappa shape index (κ3) is 5.55. The van der Waals surface area contributed by atoms with Crippen LogP contribution >= 0.6 is 0 Å². The number of hydrazone groups is 1. The third-order valence-corrected chi connectivity index (χ3v) is 5.86. The largest absolute Gasteiger partial charge is 0.279 e. The molecule has 0 spiro atoms. The first-order valence-electron chi connectivity index (χ1n) is 9.44. The van der Waals surface area contributed by atoms with E-state index in [1.54, 1.807) is 25.1 Å². The van der Waals surface area contributed by atoms with Crippen molar-refractivity contribution >= 4 is 33.5 Å². The highest BCUT2D eigenvalue weighted by molar-refractivity contribution is 7.92. The van der Waals surface area contributed by atoms with Gasteiger partial charge in [0.25, 0.3) is 21.6 Å². The van der Waals surface area contributed by atoms with Gasteiger partial charge in [0.2, 0.25) is 0 Å². The van der Waals surface area contributed by atoms with Crippen LogP contribution in [0.15, 0.2) is 76.7 Å². The molecule has 32 heavy (non-hydrogen) atoms. The van der Waals surface area contributed by atoms with Crippen LogP contribution in [0.4, 0.5) is 11.4 Å². The van der Waals surface area contributed by atoms with Gasteiger partial charge in [0.15, 0.2) is 0 Å². The molecule has 2 N–H and O–H groups in total. The topological polar surface area (TPSA) is 131 Å². The fraction of sp³-hybridized carbons (Fsp3) is 0.0909. The van der Waals surface area contributed by atoms with Gasteiger partial charge in [-0.2, -0.15) is 5.10 Å². The second kappa shape index (κ2) is 9.40. The normalized spacial score (nSPS) is 11.3. The fourth-order valence-corrected chi connectivity index (χ4v) is 4.06. The third-order valence-electron chi connectivity index (χ3n) is 4.49. The Morgan fingerprint density at radius 2 is 1.78 bits per heavy atom. The Labute approximate surface area is 185 Å². The van der Waals surface area contributed by atoms with E-state index in [0.29, 0.717) is 11.3 Å². The smallest absolute Gasteiger partial charge is 0.271 e. The number of anilines is 1. The molecule has 0 fully saturated rings. The van der Waals surface area contributed by atoms with Gasteiger partial charge in [-0.15, -0.1) is 0 Å². The molecule has 0 aliphatic carbocycles. The number of nitrogens with zero attached hydrogens (tertiary/aromatic N) is 2. The van der Waals surface area contributed by atoms with Gasteiger partial charge in [-0.25, -0.2) is 13.8 Å². The Morgan fingerprint density at radius 1 is 1.03 bits per heavy atom. The molecule has 0 aliphatic heterocycles. The Kier molecular flexibility index (Phi) is 6.64. The maximum Gasteiger partial charge on any atom is 0.271 e. The SMILES string of the molecule is Cc1ccc(NS(=O)(=O)c2cccc(C(=O)NN=Cc3cccc([N+](=O)[O-])c3)c2)c(C)c1. The molecule has 164 valence electrons. The van der Waals surface area contributed by atoms with Crippen molar-refractivity contribution in [2.45, 2.75) is 18.7 Å². The maximum absolute atomic E-state index is 12.8. The van der Waals surface area contributed by atoms with Crippen LogP contribution in [0.1, 0.15) is 27.0 Å². The number of hydrogen-bond donors (Lipinski definition) is 2. The maximum atomic E-state index is 12.8. The molecule has 1 amide bonds. The van der Waals surface area contributed by atoms with E-state index in [9.17, 15) is 23.3 Å². The molecule has 9 nitrogen and oxygen atoms in total. The predicted octanol–water partition coefficient (Wildman–Crippen LogP) is 3.78. The van der Waals surface area contributed by atoms with Gasteiger partial charge in [0.05, 0.1) is 21.7 Å². The Hall–Kier alpha value is -4.05. The van der Waals surface area contributed by atoms with Crippen molar-refractivity contribution in [3.05, 3.63) is 99.1 Å². The van der Waals surface area contributed by atoms with Crippen LogP contribution in [0.25, 0.3) is 0 Å². The highest BCUT2D eigenvalue weighted by Gasteiger charge is 2.17. The summed E-state index contributed by atoms with van der Waals surface area (Å²) in [6.07, 6.45) is 1.26. The lowest BCUT2D eigenvalue weighted by Crippen LogP contribution is -2.19. The number of hydrogen-bond acceptors (Lipinski definition) is 6. The van der Waals surface area contributed by atoms with E-state index in [-0.39, 0.29) is 16.1 Å². The van der Waals surface area contributed by atoms with Crippen LogP contribution in [-0.2, 0) is 10.0 Å². The molecular formula is C22H20N4O5S. The molecule has 0 aliphatic rings.